The highest BCUT2D eigenvalue weighted by Gasteiger charge is 2.32. The Hall–Kier alpha value is -1.07. The minimum absolute atomic E-state index is 0.197. The van der Waals surface area contributed by atoms with Crippen molar-refractivity contribution >= 4 is 22.0 Å². The van der Waals surface area contributed by atoms with Crippen LogP contribution in [0.5, 0.6) is 0 Å². The summed E-state index contributed by atoms with van der Waals surface area (Å²) in [4.78, 5) is 14.0. The van der Waals surface area contributed by atoms with E-state index >= 15 is 0 Å². The molecule has 1 aromatic carbocycles. The first-order valence-electron chi connectivity index (χ1n) is 8.34. The SMILES string of the molecule is CC(C)(C)OC(=O)N1CCC(NC2CCc3cc(Br)ccc32)C1. The van der Waals surface area contributed by atoms with Gasteiger partial charge in [-0.25, -0.2) is 4.79 Å². The molecule has 5 heteroatoms. The summed E-state index contributed by atoms with van der Waals surface area (Å²) < 4.78 is 6.61. The normalized spacial score (nSPS) is 23.9. The van der Waals surface area contributed by atoms with Crippen molar-refractivity contribution in [2.24, 2.45) is 0 Å². The van der Waals surface area contributed by atoms with E-state index in [4.69, 9.17) is 4.74 Å². The van der Waals surface area contributed by atoms with E-state index in [0.29, 0.717) is 12.1 Å². The van der Waals surface area contributed by atoms with Crippen LogP contribution in [0.3, 0.4) is 0 Å². The van der Waals surface area contributed by atoms with Crippen LogP contribution in [0, 0.1) is 0 Å². The summed E-state index contributed by atoms with van der Waals surface area (Å²) in [6.45, 7) is 7.22. The van der Waals surface area contributed by atoms with Gasteiger partial charge in [0.25, 0.3) is 0 Å². The number of nitrogens with zero attached hydrogens (tertiary/aromatic N) is 1. The standard InChI is InChI=1S/C18H25BrN2O2/c1-18(2,3)23-17(22)21-9-8-14(11-21)20-16-7-4-12-10-13(19)5-6-15(12)16/h5-6,10,14,16,20H,4,7-9,11H2,1-3H3. The first-order chi connectivity index (χ1) is 10.8. The Kier molecular flexibility index (Phi) is 4.70. The fraction of sp³-hybridized carbons (Fsp3) is 0.611. The molecule has 2 aliphatic rings. The zero-order chi connectivity index (χ0) is 16.6. The van der Waals surface area contributed by atoms with Gasteiger partial charge in [-0.1, -0.05) is 22.0 Å². The average molecular weight is 381 g/mol. The fourth-order valence-corrected chi connectivity index (χ4v) is 3.84. The molecule has 4 nitrogen and oxygen atoms in total. The summed E-state index contributed by atoms with van der Waals surface area (Å²) >= 11 is 3.54. The van der Waals surface area contributed by atoms with Crippen LogP contribution >= 0.6 is 15.9 Å². The van der Waals surface area contributed by atoms with Crippen molar-refractivity contribution in [1.82, 2.24) is 10.2 Å². The minimum atomic E-state index is -0.430. The molecule has 1 aliphatic heterocycles. The summed E-state index contributed by atoms with van der Waals surface area (Å²) in [7, 11) is 0. The number of fused-ring (bicyclic) bond motifs is 1. The number of halogens is 1. The second kappa shape index (κ2) is 6.44. The van der Waals surface area contributed by atoms with E-state index in [1.807, 2.05) is 25.7 Å². The molecule has 23 heavy (non-hydrogen) atoms. The molecule has 1 aromatic rings. The summed E-state index contributed by atoms with van der Waals surface area (Å²) in [5.74, 6) is 0. The number of carbonyl (C=O) groups is 1. The number of carbonyl (C=O) groups excluding carboxylic acids is 1. The van der Waals surface area contributed by atoms with Crippen LogP contribution in [0.15, 0.2) is 22.7 Å². The molecule has 1 saturated heterocycles. The molecule has 126 valence electrons. The molecule has 0 aromatic heterocycles. The van der Waals surface area contributed by atoms with Crippen molar-refractivity contribution in [1.29, 1.82) is 0 Å². The number of benzene rings is 1. The number of amides is 1. The van der Waals surface area contributed by atoms with E-state index in [1.54, 1.807) is 0 Å². The van der Waals surface area contributed by atoms with Crippen LogP contribution < -0.4 is 5.32 Å². The van der Waals surface area contributed by atoms with Gasteiger partial charge < -0.3 is 15.0 Å². The topological polar surface area (TPSA) is 41.6 Å². The summed E-state index contributed by atoms with van der Waals surface area (Å²) in [6, 6.07) is 7.30. The first kappa shape index (κ1) is 16.8. The molecule has 0 spiro atoms. The lowest BCUT2D eigenvalue weighted by Gasteiger charge is -2.25. The fourth-order valence-electron chi connectivity index (χ4n) is 3.43. The second-order valence-corrected chi connectivity index (χ2v) is 8.43. The Morgan fingerprint density at radius 1 is 1.35 bits per heavy atom. The molecule has 1 aliphatic carbocycles. The average Bonchev–Trinajstić information content (AvgIpc) is 3.05. The zero-order valence-electron chi connectivity index (χ0n) is 14.1. The monoisotopic (exact) mass is 380 g/mol. The minimum Gasteiger partial charge on any atom is -0.444 e. The first-order valence-corrected chi connectivity index (χ1v) is 9.13. The smallest absolute Gasteiger partial charge is 0.410 e. The molecule has 3 rings (SSSR count). The van der Waals surface area contributed by atoms with E-state index in [9.17, 15) is 4.79 Å². The van der Waals surface area contributed by atoms with Gasteiger partial charge in [-0.2, -0.15) is 0 Å². The maximum absolute atomic E-state index is 12.2. The van der Waals surface area contributed by atoms with Gasteiger partial charge in [0.1, 0.15) is 5.60 Å². The van der Waals surface area contributed by atoms with E-state index in [2.05, 4.69) is 39.4 Å². The van der Waals surface area contributed by atoms with Crippen LogP contribution in [0.2, 0.25) is 0 Å². The third kappa shape index (κ3) is 4.07. The van der Waals surface area contributed by atoms with Gasteiger partial charge in [-0.3, -0.25) is 0 Å². The number of aryl methyl sites for hydroxylation is 1. The van der Waals surface area contributed by atoms with Crippen molar-refractivity contribution in [3.63, 3.8) is 0 Å². The molecular formula is C18H25BrN2O2. The number of hydrogen-bond acceptors (Lipinski definition) is 3. The lowest BCUT2D eigenvalue weighted by atomic mass is 10.1. The van der Waals surface area contributed by atoms with Crippen molar-refractivity contribution in [2.75, 3.05) is 13.1 Å². The lowest BCUT2D eigenvalue weighted by molar-refractivity contribution is 0.0290. The van der Waals surface area contributed by atoms with Crippen LogP contribution in [0.4, 0.5) is 4.79 Å². The highest BCUT2D eigenvalue weighted by molar-refractivity contribution is 9.10. The Morgan fingerprint density at radius 2 is 2.13 bits per heavy atom. The molecule has 1 fully saturated rings. The summed E-state index contributed by atoms with van der Waals surface area (Å²) in [6.07, 6.45) is 3.04. The van der Waals surface area contributed by atoms with E-state index < -0.39 is 5.60 Å². The van der Waals surface area contributed by atoms with Gasteiger partial charge in [0.05, 0.1) is 0 Å². The van der Waals surface area contributed by atoms with Gasteiger partial charge in [0.2, 0.25) is 0 Å². The predicted octanol–water partition coefficient (Wildman–Crippen LogP) is 4.04. The third-order valence-electron chi connectivity index (χ3n) is 4.46. The molecular weight excluding hydrogens is 356 g/mol. The van der Waals surface area contributed by atoms with Crippen molar-refractivity contribution in [3.8, 4) is 0 Å². The lowest BCUT2D eigenvalue weighted by Crippen LogP contribution is -2.39. The molecule has 1 amide bonds. The molecule has 0 bridgehead atoms. The predicted molar refractivity (Wildman–Crippen MR) is 94.6 cm³/mol. The van der Waals surface area contributed by atoms with Crippen LogP contribution in [0.1, 0.15) is 50.8 Å². The highest BCUT2D eigenvalue weighted by Crippen LogP contribution is 2.33. The largest absolute Gasteiger partial charge is 0.444 e. The molecule has 1 heterocycles. The van der Waals surface area contributed by atoms with Gasteiger partial charge in [0, 0.05) is 29.6 Å². The van der Waals surface area contributed by atoms with Gasteiger partial charge in [0.15, 0.2) is 0 Å². The molecule has 2 unspecified atom stereocenters. The van der Waals surface area contributed by atoms with Gasteiger partial charge in [-0.05, 0) is 63.3 Å². The Balaban J connectivity index is 1.56. The van der Waals surface area contributed by atoms with Gasteiger partial charge in [-0.15, -0.1) is 0 Å². The summed E-state index contributed by atoms with van der Waals surface area (Å²) in [5.41, 5.74) is 2.41. The number of ether oxygens (including phenoxy) is 1. The van der Waals surface area contributed by atoms with E-state index in [1.165, 1.54) is 11.1 Å². The van der Waals surface area contributed by atoms with Crippen molar-refractivity contribution in [3.05, 3.63) is 33.8 Å². The maximum Gasteiger partial charge on any atom is 0.410 e. The maximum atomic E-state index is 12.2. The zero-order valence-corrected chi connectivity index (χ0v) is 15.6. The quantitative estimate of drug-likeness (QED) is 0.841. The van der Waals surface area contributed by atoms with Gasteiger partial charge >= 0.3 is 6.09 Å². The molecule has 0 radical (unpaired) electrons. The number of rotatable bonds is 2. The number of nitrogens with one attached hydrogen (secondary N) is 1. The number of hydrogen-bond donors (Lipinski definition) is 1. The Bertz CT molecular complexity index is 597. The van der Waals surface area contributed by atoms with Crippen LogP contribution in [-0.2, 0) is 11.2 Å². The summed E-state index contributed by atoms with van der Waals surface area (Å²) in [5, 5.41) is 3.74. The third-order valence-corrected chi connectivity index (χ3v) is 4.95. The van der Waals surface area contributed by atoms with Crippen LogP contribution in [-0.4, -0.2) is 35.7 Å². The molecule has 1 N–H and O–H groups in total. The Labute approximate surface area is 146 Å². The van der Waals surface area contributed by atoms with Crippen molar-refractivity contribution < 1.29 is 9.53 Å². The molecule has 2 atom stereocenters. The highest BCUT2D eigenvalue weighted by atomic mass is 79.9. The number of likely N-dealkylation sites (tertiary alicyclic amines) is 1. The Morgan fingerprint density at radius 3 is 2.87 bits per heavy atom. The van der Waals surface area contributed by atoms with Crippen LogP contribution in [0.25, 0.3) is 0 Å². The van der Waals surface area contributed by atoms with E-state index in [0.717, 1.165) is 36.8 Å². The second-order valence-electron chi connectivity index (χ2n) is 7.51. The van der Waals surface area contributed by atoms with Crippen molar-refractivity contribution in [2.45, 2.75) is 57.7 Å². The molecule has 0 saturated carbocycles. The van der Waals surface area contributed by atoms with E-state index in [-0.39, 0.29) is 6.09 Å².